The summed E-state index contributed by atoms with van der Waals surface area (Å²) in [5.41, 5.74) is 1.07. The minimum atomic E-state index is -3.91. The largest absolute Gasteiger partial charge is 0.508 e. The summed E-state index contributed by atoms with van der Waals surface area (Å²) in [6.45, 7) is 0.106. The van der Waals surface area contributed by atoms with Crippen LogP contribution in [0.2, 0.25) is 0 Å². The van der Waals surface area contributed by atoms with Crippen molar-refractivity contribution in [2.24, 2.45) is 0 Å². The fourth-order valence-electron chi connectivity index (χ4n) is 3.40. The average molecular weight is 484 g/mol. The van der Waals surface area contributed by atoms with Crippen LogP contribution in [0, 0.1) is 0 Å². The van der Waals surface area contributed by atoms with Gasteiger partial charge in [-0.25, -0.2) is 8.42 Å². The third kappa shape index (κ3) is 6.35. The number of carbonyl (C=O) groups is 2. The van der Waals surface area contributed by atoms with Crippen molar-refractivity contribution in [3.05, 3.63) is 83.4 Å². The summed E-state index contributed by atoms with van der Waals surface area (Å²) in [6, 6.07) is 16.4. The number of amides is 1. The van der Waals surface area contributed by atoms with E-state index >= 15 is 0 Å². The minimum Gasteiger partial charge on any atom is -0.508 e. The summed E-state index contributed by atoms with van der Waals surface area (Å²) in [5, 5.41) is 31.4. The van der Waals surface area contributed by atoms with Crippen LogP contribution in [0.1, 0.15) is 27.9 Å². The van der Waals surface area contributed by atoms with E-state index in [-0.39, 0.29) is 59.3 Å². The SMILES string of the molecule is O=C(CCS(=O)(=O)c1ccccc1C(=O)NCCc1cccc(O)c1O)Cc1ccc(O)cc1. The fourth-order valence-corrected chi connectivity index (χ4v) is 4.90. The van der Waals surface area contributed by atoms with E-state index in [0.29, 0.717) is 11.1 Å². The van der Waals surface area contributed by atoms with Crippen LogP contribution in [0.25, 0.3) is 0 Å². The second-order valence-electron chi connectivity index (χ2n) is 7.74. The van der Waals surface area contributed by atoms with Crippen LogP contribution >= 0.6 is 0 Å². The Morgan fingerprint density at radius 1 is 0.853 bits per heavy atom. The number of carbonyl (C=O) groups excluding carboxylic acids is 2. The van der Waals surface area contributed by atoms with Gasteiger partial charge in [-0.3, -0.25) is 9.59 Å². The average Bonchev–Trinajstić information content (AvgIpc) is 2.82. The highest BCUT2D eigenvalue weighted by Gasteiger charge is 2.23. The molecule has 1 amide bonds. The Bertz CT molecular complexity index is 1280. The van der Waals surface area contributed by atoms with Gasteiger partial charge < -0.3 is 20.6 Å². The molecule has 34 heavy (non-hydrogen) atoms. The summed E-state index contributed by atoms with van der Waals surface area (Å²) >= 11 is 0. The molecule has 0 heterocycles. The summed E-state index contributed by atoms with van der Waals surface area (Å²) < 4.78 is 25.8. The maximum Gasteiger partial charge on any atom is 0.252 e. The lowest BCUT2D eigenvalue weighted by atomic mass is 10.1. The molecule has 0 saturated carbocycles. The molecule has 0 spiro atoms. The van der Waals surface area contributed by atoms with Crippen molar-refractivity contribution in [3.8, 4) is 17.2 Å². The first-order valence-electron chi connectivity index (χ1n) is 10.6. The molecule has 0 unspecified atom stereocenters. The summed E-state index contributed by atoms with van der Waals surface area (Å²) in [7, 11) is -3.91. The predicted octanol–water partition coefficient (Wildman–Crippen LogP) is 2.75. The Morgan fingerprint density at radius 3 is 2.29 bits per heavy atom. The van der Waals surface area contributed by atoms with Crippen LogP contribution in [0.15, 0.2) is 71.6 Å². The third-order valence-corrected chi connectivity index (χ3v) is 7.00. The van der Waals surface area contributed by atoms with Gasteiger partial charge in [0.2, 0.25) is 0 Å². The lowest BCUT2D eigenvalue weighted by Gasteiger charge is -2.12. The maximum atomic E-state index is 12.9. The second kappa shape index (κ2) is 10.8. The lowest BCUT2D eigenvalue weighted by Crippen LogP contribution is -2.27. The molecule has 3 rings (SSSR count). The molecule has 3 aromatic rings. The highest BCUT2D eigenvalue weighted by molar-refractivity contribution is 7.91. The van der Waals surface area contributed by atoms with Crippen LogP contribution in [0.4, 0.5) is 0 Å². The van der Waals surface area contributed by atoms with E-state index in [1.807, 2.05) is 0 Å². The molecule has 0 aromatic heterocycles. The molecule has 0 atom stereocenters. The molecule has 0 saturated heterocycles. The van der Waals surface area contributed by atoms with Gasteiger partial charge in [0.05, 0.1) is 16.2 Å². The predicted molar refractivity (Wildman–Crippen MR) is 126 cm³/mol. The molecule has 3 aromatic carbocycles. The third-order valence-electron chi connectivity index (χ3n) is 5.23. The molecule has 0 fully saturated rings. The second-order valence-corrected chi connectivity index (χ2v) is 9.82. The summed E-state index contributed by atoms with van der Waals surface area (Å²) in [4.78, 5) is 24.8. The molecular weight excluding hydrogens is 458 g/mol. The molecule has 0 aliphatic rings. The standard InChI is InChI=1S/C25H25NO7S/c27-19-10-8-17(9-11-19)16-20(28)13-15-34(32,33)23-7-2-1-5-21(23)25(31)26-14-12-18-4-3-6-22(29)24(18)30/h1-11,27,29-30H,12-16H2,(H,26,31). The molecule has 8 nitrogen and oxygen atoms in total. The lowest BCUT2D eigenvalue weighted by molar-refractivity contribution is -0.118. The smallest absolute Gasteiger partial charge is 0.252 e. The number of hydrogen-bond acceptors (Lipinski definition) is 7. The molecule has 0 radical (unpaired) electrons. The maximum absolute atomic E-state index is 12.9. The van der Waals surface area contributed by atoms with Gasteiger partial charge in [-0.05, 0) is 47.9 Å². The number of sulfone groups is 1. The van der Waals surface area contributed by atoms with Crippen molar-refractivity contribution in [2.75, 3.05) is 12.3 Å². The van der Waals surface area contributed by atoms with Crippen molar-refractivity contribution in [1.82, 2.24) is 5.32 Å². The van der Waals surface area contributed by atoms with Crippen molar-refractivity contribution >= 4 is 21.5 Å². The van der Waals surface area contributed by atoms with E-state index in [2.05, 4.69) is 5.32 Å². The fraction of sp³-hybridized carbons (Fsp3) is 0.200. The molecule has 178 valence electrons. The molecule has 0 aliphatic carbocycles. The Hall–Kier alpha value is -3.85. The van der Waals surface area contributed by atoms with Crippen LogP contribution in [-0.4, -0.2) is 47.7 Å². The molecule has 4 N–H and O–H groups in total. The van der Waals surface area contributed by atoms with Crippen LogP contribution in [0.3, 0.4) is 0 Å². The number of phenols is 3. The molecule has 0 bridgehead atoms. The van der Waals surface area contributed by atoms with Crippen molar-refractivity contribution < 1.29 is 33.3 Å². The van der Waals surface area contributed by atoms with Crippen molar-refractivity contribution in [1.29, 1.82) is 0 Å². The van der Waals surface area contributed by atoms with Crippen LogP contribution in [0.5, 0.6) is 17.2 Å². The van der Waals surface area contributed by atoms with Gasteiger partial charge in [-0.1, -0.05) is 36.4 Å². The number of phenolic OH excluding ortho intramolecular Hbond substituents is 3. The van der Waals surface area contributed by atoms with Gasteiger partial charge >= 0.3 is 0 Å². The van der Waals surface area contributed by atoms with Gasteiger partial charge in [0.15, 0.2) is 21.3 Å². The zero-order chi connectivity index (χ0) is 24.7. The number of hydrogen-bond donors (Lipinski definition) is 4. The van der Waals surface area contributed by atoms with Gasteiger partial charge in [0, 0.05) is 19.4 Å². The molecule has 0 aliphatic heterocycles. The number of ketones is 1. The summed E-state index contributed by atoms with van der Waals surface area (Å²) in [6.07, 6.45) is 0.0579. The normalized spacial score (nSPS) is 11.2. The molecular formula is C25H25NO7S. The number of para-hydroxylation sites is 1. The number of benzene rings is 3. The minimum absolute atomic E-state index is 0.0337. The van der Waals surface area contributed by atoms with E-state index in [1.165, 1.54) is 36.4 Å². The first-order valence-corrected chi connectivity index (χ1v) is 12.2. The summed E-state index contributed by atoms with van der Waals surface area (Å²) in [5.74, 6) is -1.77. The quantitative estimate of drug-likeness (QED) is 0.325. The van der Waals surface area contributed by atoms with E-state index in [1.54, 1.807) is 30.3 Å². The van der Waals surface area contributed by atoms with Crippen LogP contribution in [-0.2, 0) is 27.5 Å². The van der Waals surface area contributed by atoms with Gasteiger partial charge in [-0.2, -0.15) is 0 Å². The number of nitrogens with one attached hydrogen (secondary N) is 1. The molecule has 9 heteroatoms. The van der Waals surface area contributed by atoms with E-state index in [4.69, 9.17) is 0 Å². The Morgan fingerprint density at radius 2 is 1.56 bits per heavy atom. The highest BCUT2D eigenvalue weighted by atomic mass is 32.2. The van der Waals surface area contributed by atoms with Gasteiger partial charge in [-0.15, -0.1) is 0 Å². The van der Waals surface area contributed by atoms with E-state index in [0.717, 1.165) is 0 Å². The Balaban J connectivity index is 1.63. The Labute approximate surface area is 197 Å². The van der Waals surface area contributed by atoms with Crippen molar-refractivity contribution in [2.45, 2.75) is 24.2 Å². The van der Waals surface area contributed by atoms with Gasteiger partial charge in [0.25, 0.3) is 5.91 Å². The first kappa shape index (κ1) is 24.8. The first-order chi connectivity index (χ1) is 16.2. The highest BCUT2D eigenvalue weighted by Crippen LogP contribution is 2.28. The zero-order valence-corrected chi connectivity index (χ0v) is 19.1. The zero-order valence-electron chi connectivity index (χ0n) is 18.3. The van der Waals surface area contributed by atoms with E-state index in [9.17, 15) is 33.3 Å². The Kier molecular flexibility index (Phi) is 7.91. The number of rotatable bonds is 10. The topological polar surface area (TPSA) is 141 Å². The van der Waals surface area contributed by atoms with Gasteiger partial charge in [0.1, 0.15) is 11.5 Å². The number of Topliss-reactive ketones (excluding diaryl/α,β-unsaturated/α-hetero) is 1. The number of aromatic hydroxyl groups is 3. The van der Waals surface area contributed by atoms with E-state index < -0.39 is 21.5 Å². The van der Waals surface area contributed by atoms with Crippen LogP contribution < -0.4 is 5.32 Å². The monoisotopic (exact) mass is 483 g/mol. The van der Waals surface area contributed by atoms with Crippen molar-refractivity contribution in [3.63, 3.8) is 0 Å².